The molecular weight excluding hydrogens is 304 g/mol. The van der Waals surface area contributed by atoms with E-state index in [1.54, 1.807) is 13.8 Å². The van der Waals surface area contributed by atoms with Gasteiger partial charge < -0.3 is 9.84 Å². The van der Waals surface area contributed by atoms with Crippen LogP contribution in [0.3, 0.4) is 0 Å². The Labute approximate surface area is 125 Å². The lowest BCUT2D eigenvalue weighted by Gasteiger charge is -2.08. The first-order valence-corrected chi connectivity index (χ1v) is 6.55. The van der Waals surface area contributed by atoms with Crippen molar-refractivity contribution in [3.05, 3.63) is 39.9 Å². The van der Waals surface area contributed by atoms with Crippen molar-refractivity contribution < 1.29 is 23.4 Å². The Bertz CT molecular complexity index is 600. The monoisotopic (exact) mass is 317 g/mol. The van der Waals surface area contributed by atoms with E-state index in [2.05, 4.69) is 4.99 Å². The van der Waals surface area contributed by atoms with E-state index in [9.17, 15) is 18.7 Å². The Morgan fingerprint density at radius 1 is 1.43 bits per heavy atom. The van der Waals surface area contributed by atoms with Crippen LogP contribution in [-0.2, 0) is 9.53 Å². The maximum Gasteiger partial charge on any atom is 0.343 e. The van der Waals surface area contributed by atoms with Gasteiger partial charge in [-0.05, 0) is 26.0 Å². The molecule has 0 fully saturated rings. The van der Waals surface area contributed by atoms with E-state index >= 15 is 0 Å². The fourth-order valence-electron chi connectivity index (χ4n) is 1.46. The summed E-state index contributed by atoms with van der Waals surface area (Å²) in [6.45, 7) is 3.72. The second kappa shape index (κ2) is 7.73. The number of hydrogen-bond acceptors (Lipinski definition) is 4. The molecule has 1 aromatic rings. The molecule has 21 heavy (non-hydrogen) atoms. The quantitative estimate of drug-likeness (QED) is 0.297. The first-order valence-electron chi connectivity index (χ1n) is 6.18. The predicted octanol–water partition coefficient (Wildman–Crippen LogP) is 3.54. The summed E-state index contributed by atoms with van der Waals surface area (Å²) in [4.78, 5) is 15.6. The van der Waals surface area contributed by atoms with Gasteiger partial charge in [-0.1, -0.05) is 11.6 Å². The highest BCUT2D eigenvalue weighted by Crippen LogP contribution is 2.27. The van der Waals surface area contributed by atoms with Crippen LogP contribution in [0.15, 0.2) is 22.7 Å². The van der Waals surface area contributed by atoms with E-state index < -0.39 is 33.9 Å². The van der Waals surface area contributed by atoms with Crippen LogP contribution in [0.4, 0.5) is 8.78 Å². The molecule has 1 N–H and O–H groups in total. The molecule has 0 radical (unpaired) electrons. The molecule has 0 saturated heterocycles. The standard InChI is InChI=1S/C14H14ClF2NO3/c1-3-18-7-9(14(20)21-4-2)13(19)8-5-6-10(16)11(15)12(8)17/h5-7,19H,3-4H2,1-2H3. The van der Waals surface area contributed by atoms with Gasteiger partial charge in [-0.15, -0.1) is 0 Å². The molecule has 0 aromatic heterocycles. The molecule has 0 spiro atoms. The first-order chi connectivity index (χ1) is 9.93. The van der Waals surface area contributed by atoms with Gasteiger partial charge in [0, 0.05) is 12.8 Å². The molecule has 0 saturated carbocycles. The molecule has 0 amide bonds. The van der Waals surface area contributed by atoms with Gasteiger partial charge in [0.25, 0.3) is 0 Å². The first kappa shape index (κ1) is 17.1. The van der Waals surface area contributed by atoms with E-state index in [4.69, 9.17) is 16.3 Å². The summed E-state index contributed by atoms with van der Waals surface area (Å²) < 4.78 is 31.8. The average molecular weight is 318 g/mol. The van der Waals surface area contributed by atoms with E-state index in [1.165, 1.54) is 0 Å². The van der Waals surface area contributed by atoms with Crippen molar-refractivity contribution in [3.63, 3.8) is 0 Å². The number of aliphatic hydroxyl groups excluding tert-OH is 1. The highest BCUT2D eigenvalue weighted by molar-refractivity contribution is 6.31. The summed E-state index contributed by atoms with van der Waals surface area (Å²) in [6, 6.07) is 1.86. The molecule has 0 heterocycles. The molecule has 0 atom stereocenters. The summed E-state index contributed by atoms with van der Waals surface area (Å²) >= 11 is 5.44. The SMILES string of the molecule is CCN=CC(C(=O)OCC)=C(O)c1ccc(F)c(Cl)c1F. The predicted molar refractivity (Wildman–Crippen MR) is 76.6 cm³/mol. The van der Waals surface area contributed by atoms with Gasteiger partial charge in [-0.2, -0.15) is 0 Å². The van der Waals surface area contributed by atoms with Crippen LogP contribution in [0.25, 0.3) is 5.76 Å². The third-order valence-electron chi connectivity index (χ3n) is 2.44. The largest absolute Gasteiger partial charge is 0.506 e. The number of nitrogens with zero attached hydrogens (tertiary/aromatic N) is 1. The molecule has 4 nitrogen and oxygen atoms in total. The molecule has 0 aliphatic heterocycles. The lowest BCUT2D eigenvalue weighted by atomic mass is 10.1. The Balaban J connectivity index is 3.42. The van der Waals surface area contributed by atoms with Crippen LogP contribution in [-0.4, -0.2) is 30.4 Å². The van der Waals surface area contributed by atoms with Crippen LogP contribution in [0.1, 0.15) is 19.4 Å². The number of carbonyl (C=O) groups is 1. The normalized spacial score (nSPS) is 12.4. The van der Waals surface area contributed by atoms with E-state index in [0.29, 0.717) is 6.54 Å². The lowest BCUT2D eigenvalue weighted by molar-refractivity contribution is -0.137. The summed E-state index contributed by atoms with van der Waals surface area (Å²) in [5, 5.41) is 9.30. The van der Waals surface area contributed by atoms with E-state index in [0.717, 1.165) is 18.3 Å². The zero-order valence-electron chi connectivity index (χ0n) is 11.5. The van der Waals surface area contributed by atoms with Crippen LogP contribution in [0.2, 0.25) is 5.02 Å². The summed E-state index contributed by atoms with van der Waals surface area (Å²) in [6.07, 6.45) is 1.07. The van der Waals surface area contributed by atoms with E-state index in [-0.39, 0.29) is 12.2 Å². The third kappa shape index (κ3) is 4.01. The molecule has 0 bridgehead atoms. The fraction of sp³-hybridized carbons (Fsp3) is 0.286. The van der Waals surface area contributed by atoms with Gasteiger partial charge in [0.2, 0.25) is 0 Å². The Kier molecular flexibility index (Phi) is 6.30. The summed E-state index contributed by atoms with van der Waals surface area (Å²) in [7, 11) is 0. The van der Waals surface area contributed by atoms with Crippen molar-refractivity contribution in [2.75, 3.05) is 13.2 Å². The molecule has 1 rings (SSSR count). The third-order valence-corrected chi connectivity index (χ3v) is 2.79. The minimum Gasteiger partial charge on any atom is -0.506 e. The highest BCUT2D eigenvalue weighted by Gasteiger charge is 2.21. The number of rotatable bonds is 5. The number of carbonyl (C=O) groups excluding carboxylic acids is 1. The number of esters is 1. The van der Waals surface area contributed by atoms with Crippen molar-refractivity contribution in [3.8, 4) is 0 Å². The molecule has 0 aliphatic rings. The Hall–Kier alpha value is -1.95. The van der Waals surface area contributed by atoms with Crippen LogP contribution in [0.5, 0.6) is 0 Å². The molecule has 0 unspecified atom stereocenters. The van der Waals surface area contributed by atoms with Gasteiger partial charge >= 0.3 is 5.97 Å². The number of benzene rings is 1. The van der Waals surface area contributed by atoms with Gasteiger partial charge in [0.05, 0.1) is 12.2 Å². The zero-order valence-corrected chi connectivity index (χ0v) is 12.2. The zero-order chi connectivity index (χ0) is 16.0. The van der Waals surface area contributed by atoms with E-state index in [1.807, 2.05) is 0 Å². The van der Waals surface area contributed by atoms with Crippen LogP contribution in [0, 0.1) is 11.6 Å². The van der Waals surface area contributed by atoms with Crippen LogP contribution < -0.4 is 0 Å². The Morgan fingerprint density at radius 3 is 2.67 bits per heavy atom. The van der Waals surface area contributed by atoms with Crippen molar-refractivity contribution >= 4 is 29.5 Å². The van der Waals surface area contributed by atoms with Gasteiger partial charge in [-0.3, -0.25) is 4.99 Å². The minimum absolute atomic E-state index is 0.0717. The number of aliphatic imine (C=N–C) groups is 1. The molecule has 0 aliphatic carbocycles. The topological polar surface area (TPSA) is 58.9 Å². The van der Waals surface area contributed by atoms with Crippen molar-refractivity contribution in [2.24, 2.45) is 4.99 Å². The minimum atomic E-state index is -1.17. The van der Waals surface area contributed by atoms with Gasteiger partial charge in [0.15, 0.2) is 5.82 Å². The number of halogens is 3. The smallest absolute Gasteiger partial charge is 0.343 e. The second-order valence-electron chi connectivity index (χ2n) is 3.83. The Morgan fingerprint density at radius 2 is 2.10 bits per heavy atom. The summed E-state index contributed by atoms with van der Waals surface area (Å²) in [5.41, 5.74) is -0.743. The average Bonchev–Trinajstić information content (AvgIpc) is 2.45. The highest BCUT2D eigenvalue weighted by atomic mass is 35.5. The van der Waals surface area contributed by atoms with Gasteiger partial charge in [-0.25, -0.2) is 13.6 Å². The number of hydrogen-bond donors (Lipinski definition) is 1. The lowest BCUT2D eigenvalue weighted by Crippen LogP contribution is -2.12. The fourth-order valence-corrected chi connectivity index (χ4v) is 1.62. The van der Waals surface area contributed by atoms with Crippen molar-refractivity contribution in [1.29, 1.82) is 0 Å². The number of aliphatic hydroxyl groups is 1. The van der Waals surface area contributed by atoms with Crippen molar-refractivity contribution in [2.45, 2.75) is 13.8 Å². The maximum absolute atomic E-state index is 13.9. The molecule has 114 valence electrons. The number of ether oxygens (including phenoxy) is 1. The molecular formula is C14H14ClF2NO3. The summed E-state index contributed by atoms with van der Waals surface area (Å²) in [5.74, 6) is -3.72. The van der Waals surface area contributed by atoms with Gasteiger partial charge in [0.1, 0.15) is 22.2 Å². The second-order valence-corrected chi connectivity index (χ2v) is 4.21. The molecule has 1 aromatic carbocycles. The molecule has 7 heteroatoms. The van der Waals surface area contributed by atoms with Crippen molar-refractivity contribution in [1.82, 2.24) is 0 Å². The van der Waals surface area contributed by atoms with Crippen LogP contribution >= 0.6 is 11.6 Å². The maximum atomic E-state index is 13.9.